The molecule has 9 heteroatoms. The summed E-state index contributed by atoms with van der Waals surface area (Å²) in [6, 6.07) is -0.581. The van der Waals surface area contributed by atoms with E-state index >= 15 is 0 Å². The largest absolute Gasteiger partial charge is 0.464 e. The van der Waals surface area contributed by atoms with E-state index < -0.39 is 41.1 Å². The van der Waals surface area contributed by atoms with Crippen LogP contribution in [-0.2, 0) is 19.1 Å². The number of hydrogen-bond acceptors (Lipinski definition) is 5. The van der Waals surface area contributed by atoms with E-state index in [1.807, 2.05) is 5.32 Å². The highest BCUT2D eigenvalue weighted by molar-refractivity contribution is 6.34. The normalized spacial score (nSPS) is 10.3. The minimum absolute atomic E-state index is 0.0312. The SMILES string of the molecule is CCOC(=O)C(NC(=O)c1cc(F)c(F)cc1Cl)C(=O)OCC. The van der Waals surface area contributed by atoms with Gasteiger partial charge in [0.25, 0.3) is 5.91 Å². The Labute approximate surface area is 135 Å². The quantitative estimate of drug-likeness (QED) is 0.481. The number of rotatable bonds is 6. The number of amides is 1. The first-order valence-electron chi connectivity index (χ1n) is 6.60. The van der Waals surface area contributed by atoms with E-state index in [4.69, 9.17) is 11.6 Å². The van der Waals surface area contributed by atoms with Gasteiger partial charge in [-0.15, -0.1) is 0 Å². The zero-order chi connectivity index (χ0) is 17.6. The molecule has 0 saturated carbocycles. The molecule has 0 spiro atoms. The topological polar surface area (TPSA) is 81.7 Å². The number of hydrogen-bond donors (Lipinski definition) is 1. The highest BCUT2D eigenvalue weighted by Gasteiger charge is 2.32. The Kier molecular flexibility index (Phi) is 6.89. The smallest absolute Gasteiger partial charge is 0.340 e. The van der Waals surface area contributed by atoms with E-state index in [0.717, 1.165) is 0 Å². The molecule has 23 heavy (non-hydrogen) atoms. The molecular weight excluding hydrogens is 336 g/mol. The fourth-order valence-electron chi connectivity index (χ4n) is 1.57. The van der Waals surface area contributed by atoms with Crippen molar-refractivity contribution in [3.05, 3.63) is 34.4 Å². The predicted octanol–water partition coefficient (Wildman–Crippen LogP) is 1.84. The van der Waals surface area contributed by atoms with E-state index in [-0.39, 0.29) is 18.2 Å². The van der Waals surface area contributed by atoms with Crippen molar-refractivity contribution in [1.29, 1.82) is 0 Å². The molecular formula is C14H14ClF2NO5. The van der Waals surface area contributed by atoms with Crippen molar-refractivity contribution in [2.45, 2.75) is 19.9 Å². The fourth-order valence-corrected chi connectivity index (χ4v) is 1.81. The van der Waals surface area contributed by atoms with Gasteiger partial charge < -0.3 is 14.8 Å². The minimum atomic E-state index is -1.74. The first kappa shape index (κ1) is 18.8. The van der Waals surface area contributed by atoms with Crippen LogP contribution >= 0.6 is 11.6 Å². The molecule has 0 aromatic heterocycles. The first-order chi connectivity index (χ1) is 10.8. The minimum Gasteiger partial charge on any atom is -0.464 e. The van der Waals surface area contributed by atoms with Crippen molar-refractivity contribution in [3.63, 3.8) is 0 Å². The van der Waals surface area contributed by atoms with Gasteiger partial charge in [0, 0.05) is 0 Å². The van der Waals surface area contributed by atoms with Gasteiger partial charge in [0.15, 0.2) is 11.6 Å². The van der Waals surface area contributed by atoms with Crippen molar-refractivity contribution in [2.24, 2.45) is 0 Å². The Hall–Kier alpha value is -2.22. The van der Waals surface area contributed by atoms with E-state index in [1.165, 1.54) is 13.8 Å². The van der Waals surface area contributed by atoms with Crippen LogP contribution in [0.15, 0.2) is 12.1 Å². The second kappa shape index (κ2) is 8.42. The molecule has 1 aromatic carbocycles. The van der Waals surface area contributed by atoms with Gasteiger partial charge >= 0.3 is 11.9 Å². The Morgan fingerprint density at radius 3 is 2.04 bits per heavy atom. The van der Waals surface area contributed by atoms with E-state index in [9.17, 15) is 23.2 Å². The summed E-state index contributed by atoms with van der Waals surface area (Å²) < 4.78 is 35.5. The molecule has 0 atom stereocenters. The number of esters is 2. The Bertz CT molecular complexity index is 605. The van der Waals surface area contributed by atoms with Crippen LogP contribution in [0.2, 0.25) is 5.02 Å². The maximum Gasteiger partial charge on any atom is 0.340 e. The third-order valence-corrected chi connectivity index (χ3v) is 2.89. The van der Waals surface area contributed by atoms with Gasteiger partial charge in [0.05, 0.1) is 23.8 Å². The average Bonchev–Trinajstić information content (AvgIpc) is 2.48. The third-order valence-electron chi connectivity index (χ3n) is 2.57. The zero-order valence-corrected chi connectivity index (χ0v) is 13.1. The van der Waals surface area contributed by atoms with Gasteiger partial charge in [-0.1, -0.05) is 11.6 Å². The van der Waals surface area contributed by atoms with Crippen LogP contribution in [0, 0.1) is 11.6 Å². The van der Waals surface area contributed by atoms with Crippen LogP contribution in [0.3, 0.4) is 0 Å². The lowest BCUT2D eigenvalue weighted by Gasteiger charge is -2.16. The van der Waals surface area contributed by atoms with Crippen LogP contribution in [0.1, 0.15) is 24.2 Å². The highest BCUT2D eigenvalue weighted by Crippen LogP contribution is 2.20. The second-order valence-electron chi connectivity index (χ2n) is 4.16. The predicted molar refractivity (Wildman–Crippen MR) is 75.9 cm³/mol. The van der Waals surface area contributed by atoms with Crippen molar-refractivity contribution in [3.8, 4) is 0 Å². The number of benzene rings is 1. The summed E-state index contributed by atoms with van der Waals surface area (Å²) in [6.07, 6.45) is 0. The van der Waals surface area contributed by atoms with E-state index in [0.29, 0.717) is 12.1 Å². The molecule has 0 bridgehead atoms. The van der Waals surface area contributed by atoms with Crippen LogP contribution < -0.4 is 5.32 Å². The molecule has 0 fully saturated rings. The fraction of sp³-hybridized carbons (Fsp3) is 0.357. The van der Waals surface area contributed by atoms with Crippen LogP contribution in [0.25, 0.3) is 0 Å². The maximum atomic E-state index is 13.2. The molecule has 1 rings (SSSR count). The number of halogens is 3. The molecule has 0 aliphatic heterocycles. The average molecular weight is 350 g/mol. The molecule has 1 N–H and O–H groups in total. The molecule has 0 radical (unpaired) electrons. The Morgan fingerprint density at radius 1 is 1.09 bits per heavy atom. The van der Waals surface area contributed by atoms with Gasteiger partial charge in [-0.05, 0) is 26.0 Å². The van der Waals surface area contributed by atoms with Crippen LogP contribution in [-0.4, -0.2) is 37.1 Å². The second-order valence-corrected chi connectivity index (χ2v) is 4.56. The summed E-state index contributed by atoms with van der Waals surface area (Å²) >= 11 is 5.66. The number of carbonyl (C=O) groups is 3. The van der Waals surface area contributed by atoms with Crippen molar-refractivity contribution in [1.82, 2.24) is 5.32 Å². The van der Waals surface area contributed by atoms with Crippen molar-refractivity contribution >= 4 is 29.4 Å². The number of carbonyl (C=O) groups excluding carboxylic acids is 3. The highest BCUT2D eigenvalue weighted by atomic mass is 35.5. The lowest BCUT2D eigenvalue weighted by Crippen LogP contribution is -2.48. The molecule has 0 heterocycles. The van der Waals surface area contributed by atoms with Gasteiger partial charge in [-0.2, -0.15) is 0 Å². The Balaban J connectivity index is 3.03. The molecule has 6 nitrogen and oxygen atoms in total. The molecule has 126 valence electrons. The van der Waals surface area contributed by atoms with Gasteiger partial charge in [0.1, 0.15) is 0 Å². The molecule has 0 aliphatic carbocycles. The Morgan fingerprint density at radius 2 is 1.57 bits per heavy atom. The molecule has 0 aliphatic rings. The number of nitrogens with one attached hydrogen (secondary N) is 1. The van der Waals surface area contributed by atoms with Gasteiger partial charge in [-0.3, -0.25) is 4.79 Å². The summed E-state index contributed by atoms with van der Waals surface area (Å²) in [6.45, 7) is 2.95. The summed E-state index contributed by atoms with van der Waals surface area (Å²) in [5.41, 5.74) is -0.441. The van der Waals surface area contributed by atoms with Gasteiger partial charge in [-0.25, -0.2) is 18.4 Å². The van der Waals surface area contributed by atoms with E-state index in [1.54, 1.807) is 0 Å². The molecule has 0 saturated heterocycles. The van der Waals surface area contributed by atoms with Crippen LogP contribution in [0.5, 0.6) is 0 Å². The van der Waals surface area contributed by atoms with Gasteiger partial charge in [0.2, 0.25) is 6.04 Å². The molecule has 1 aromatic rings. The first-order valence-corrected chi connectivity index (χ1v) is 6.98. The van der Waals surface area contributed by atoms with Crippen molar-refractivity contribution in [2.75, 3.05) is 13.2 Å². The monoisotopic (exact) mass is 349 g/mol. The lowest BCUT2D eigenvalue weighted by molar-refractivity contribution is -0.157. The summed E-state index contributed by atoms with van der Waals surface area (Å²) in [5, 5.41) is 1.65. The maximum absolute atomic E-state index is 13.2. The van der Waals surface area contributed by atoms with Crippen LogP contribution in [0.4, 0.5) is 8.78 Å². The summed E-state index contributed by atoms with van der Waals surface area (Å²) in [7, 11) is 0. The number of ether oxygens (including phenoxy) is 2. The molecule has 0 unspecified atom stereocenters. The van der Waals surface area contributed by atoms with E-state index in [2.05, 4.69) is 9.47 Å². The lowest BCUT2D eigenvalue weighted by atomic mass is 10.1. The van der Waals surface area contributed by atoms with Crippen molar-refractivity contribution < 1.29 is 32.6 Å². The summed E-state index contributed by atoms with van der Waals surface area (Å²) in [5.74, 6) is -5.68. The third kappa shape index (κ3) is 4.88. The zero-order valence-electron chi connectivity index (χ0n) is 12.3. The molecule has 1 amide bonds. The standard InChI is InChI=1S/C14H14ClF2NO5/c1-3-22-13(20)11(14(21)23-4-2)18-12(19)7-5-9(16)10(17)6-8(7)15/h5-6,11H,3-4H2,1-2H3,(H,18,19). The summed E-state index contributed by atoms with van der Waals surface area (Å²) in [4.78, 5) is 35.5.